The Balaban J connectivity index is 2.93. The summed E-state index contributed by atoms with van der Waals surface area (Å²) >= 11 is 0. The van der Waals surface area contributed by atoms with Crippen LogP contribution in [0, 0.1) is 0 Å². The molecule has 0 N–H and O–H groups in total. The molecule has 1 heterocycles. The van der Waals surface area contributed by atoms with Crippen molar-refractivity contribution in [1.29, 1.82) is 0 Å². The molecule has 0 saturated carbocycles. The van der Waals surface area contributed by atoms with Crippen LogP contribution in [0.15, 0.2) is 0 Å². The number of rotatable bonds is 3. The number of carbonyl (C=O) groups is 3. The molecule has 0 bridgehead atoms. The summed E-state index contributed by atoms with van der Waals surface area (Å²) in [5, 5.41) is 0. The van der Waals surface area contributed by atoms with E-state index in [0.29, 0.717) is 0 Å². The van der Waals surface area contributed by atoms with E-state index in [-0.39, 0.29) is 6.61 Å². The normalized spacial score (nSPS) is 26.1. The first kappa shape index (κ1) is 10.6. The maximum Gasteiger partial charge on any atom is 0.378 e. The topological polar surface area (TPSA) is 78.9 Å². The number of methoxy groups -OCH3 is 1. The average Bonchev–Trinajstić information content (AvgIpc) is 2.46. The standard InChI is InChI=1S/C8H10O6/c1-3-13-7(11)8(12-2)4-14-6(10)5(8)9/h3-4H2,1-2H3. The molecule has 1 atom stereocenters. The van der Waals surface area contributed by atoms with Crippen LogP contribution in [0.25, 0.3) is 0 Å². The van der Waals surface area contributed by atoms with Crippen LogP contribution in [0.2, 0.25) is 0 Å². The van der Waals surface area contributed by atoms with Gasteiger partial charge in [-0.1, -0.05) is 0 Å². The van der Waals surface area contributed by atoms with Crippen LogP contribution in [-0.2, 0) is 28.6 Å². The number of carbonyl (C=O) groups excluding carboxylic acids is 3. The largest absolute Gasteiger partial charge is 0.463 e. The summed E-state index contributed by atoms with van der Waals surface area (Å²) in [5.74, 6) is -2.98. The third-order valence-electron chi connectivity index (χ3n) is 1.91. The summed E-state index contributed by atoms with van der Waals surface area (Å²) in [6, 6.07) is 0. The van der Waals surface area contributed by atoms with Crippen LogP contribution in [-0.4, -0.2) is 43.6 Å². The van der Waals surface area contributed by atoms with E-state index in [1.54, 1.807) is 6.92 Å². The number of hydrogen-bond donors (Lipinski definition) is 0. The predicted octanol–water partition coefficient (Wildman–Crippen LogP) is -0.939. The lowest BCUT2D eigenvalue weighted by Gasteiger charge is -2.19. The van der Waals surface area contributed by atoms with Crippen LogP contribution in [0.1, 0.15) is 6.92 Å². The molecule has 1 unspecified atom stereocenters. The number of hydrogen-bond acceptors (Lipinski definition) is 6. The molecule has 1 aliphatic heterocycles. The SMILES string of the molecule is CCOC(=O)C1(OC)COC(=O)C1=O. The summed E-state index contributed by atoms with van der Waals surface area (Å²) in [6.07, 6.45) is 0. The second-order valence-corrected chi connectivity index (χ2v) is 2.66. The van der Waals surface area contributed by atoms with E-state index in [4.69, 9.17) is 4.74 Å². The van der Waals surface area contributed by atoms with Crippen molar-refractivity contribution in [3.63, 3.8) is 0 Å². The minimum atomic E-state index is -1.90. The Morgan fingerprint density at radius 3 is 2.57 bits per heavy atom. The van der Waals surface area contributed by atoms with Crippen molar-refractivity contribution in [3.05, 3.63) is 0 Å². The first-order chi connectivity index (χ1) is 6.58. The minimum Gasteiger partial charge on any atom is -0.463 e. The summed E-state index contributed by atoms with van der Waals surface area (Å²) in [7, 11) is 1.15. The Bertz CT molecular complexity index is 284. The fourth-order valence-corrected chi connectivity index (χ4v) is 1.10. The number of Topliss-reactive ketones (excluding diaryl/α,β-unsaturated/α-hetero) is 1. The number of ketones is 1. The van der Waals surface area contributed by atoms with Gasteiger partial charge in [-0.05, 0) is 6.92 Å². The van der Waals surface area contributed by atoms with Gasteiger partial charge in [-0.3, -0.25) is 4.79 Å². The highest BCUT2D eigenvalue weighted by Crippen LogP contribution is 2.21. The Kier molecular flexibility index (Phi) is 2.85. The highest BCUT2D eigenvalue weighted by atomic mass is 16.6. The molecular formula is C8H10O6. The Hall–Kier alpha value is -1.43. The molecule has 0 aromatic carbocycles. The highest BCUT2D eigenvalue weighted by molar-refractivity contribution is 6.43. The lowest BCUT2D eigenvalue weighted by atomic mass is 10.0. The van der Waals surface area contributed by atoms with Gasteiger partial charge in [0.05, 0.1) is 6.61 Å². The maximum absolute atomic E-state index is 11.4. The van der Waals surface area contributed by atoms with Gasteiger partial charge in [0.2, 0.25) is 0 Å². The van der Waals surface area contributed by atoms with Gasteiger partial charge in [-0.15, -0.1) is 0 Å². The number of ether oxygens (including phenoxy) is 3. The summed E-state index contributed by atoms with van der Waals surface area (Å²) in [4.78, 5) is 33.4. The molecule has 0 aromatic rings. The molecular weight excluding hydrogens is 192 g/mol. The highest BCUT2D eigenvalue weighted by Gasteiger charge is 2.57. The van der Waals surface area contributed by atoms with Crippen molar-refractivity contribution >= 4 is 17.7 Å². The molecule has 0 radical (unpaired) electrons. The van der Waals surface area contributed by atoms with Gasteiger partial charge in [0.15, 0.2) is 0 Å². The molecule has 14 heavy (non-hydrogen) atoms. The molecule has 1 aliphatic rings. The van der Waals surface area contributed by atoms with Crippen LogP contribution in [0.3, 0.4) is 0 Å². The monoisotopic (exact) mass is 202 g/mol. The Morgan fingerprint density at radius 2 is 2.21 bits per heavy atom. The zero-order chi connectivity index (χ0) is 10.8. The lowest BCUT2D eigenvalue weighted by molar-refractivity contribution is -0.171. The quantitative estimate of drug-likeness (QED) is 0.334. The molecule has 6 nitrogen and oxygen atoms in total. The van der Waals surface area contributed by atoms with Gasteiger partial charge < -0.3 is 14.2 Å². The smallest absolute Gasteiger partial charge is 0.378 e. The van der Waals surface area contributed by atoms with E-state index in [0.717, 1.165) is 7.11 Å². The first-order valence-electron chi connectivity index (χ1n) is 4.02. The van der Waals surface area contributed by atoms with Gasteiger partial charge in [0.1, 0.15) is 6.61 Å². The van der Waals surface area contributed by atoms with Crippen molar-refractivity contribution < 1.29 is 28.6 Å². The first-order valence-corrected chi connectivity index (χ1v) is 4.02. The van der Waals surface area contributed by atoms with E-state index in [1.165, 1.54) is 0 Å². The van der Waals surface area contributed by atoms with E-state index in [2.05, 4.69) is 9.47 Å². The number of cyclic esters (lactones) is 1. The van der Waals surface area contributed by atoms with Crippen molar-refractivity contribution in [3.8, 4) is 0 Å². The second-order valence-electron chi connectivity index (χ2n) is 2.66. The van der Waals surface area contributed by atoms with E-state index >= 15 is 0 Å². The Labute approximate surface area is 80.1 Å². The van der Waals surface area contributed by atoms with Crippen molar-refractivity contribution in [2.24, 2.45) is 0 Å². The molecule has 78 valence electrons. The van der Waals surface area contributed by atoms with Crippen LogP contribution < -0.4 is 0 Å². The molecule has 0 spiro atoms. The molecule has 6 heteroatoms. The van der Waals surface area contributed by atoms with E-state index in [1.807, 2.05) is 0 Å². The van der Waals surface area contributed by atoms with Gasteiger partial charge in [0.25, 0.3) is 11.4 Å². The van der Waals surface area contributed by atoms with Crippen LogP contribution in [0.5, 0.6) is 0 Å². The minimum absolute atomic E-state index is 0.103. The van der Waals surface area contributed by atoms with Gasteiger partial charge in [-0.25, -0.2) is 9.59 Å². The second kappa shape index (κ2) is 3.75. The van der Waals surface area contributed by atoms with Crippen LogP contribution in [0.4, 0.5) is 0 Å². The van der Waals surface area contributed by atoms with Crippen molar-refractivity contribution in [1.82, 2.24) is 0 Å². The maximum atomic E-state index is 11.4. The van der Waals surface area contributed by atoms with Gasteiger partial charge in [-0.2, -0.15) is 0 Å². The van der Waals surface area contributed by atoms with Gasteiger partial charge in [0, 0.05) is 7.11 Å². The summed E-state index contributed by atoms with van der Waals surface area (Å²) in [5.41, 5.74) is -1.90. The van der Waals surface area contributed by atoms with E-state index < -0.39 is 29.9 Å². The predicted molar refractivity (Wildman–Crippen MR) is 42.3 cm³/mol. The third-order valence-corrected chi connectivity index (χ3v) is 1.91. The summed E-state index contributed by atoms with van der Waals surface area (Å²) in [6.45, 7) is 1.27. The van der Waals surface area contributed by atoms with Gasteiger partial charge >= 0.3 is 11.9 Å². The molecule has 1 rings (SSSR count). The molecule has 0 aromatic heterocycles. The fourth-order valence-electron chi connectivity index (χ4n) is 1.10. The molecule has 1 fully saturated rings. The van der Waals surface area contributed by atoms with E-state index in [9.17, 15) is 14.4 Å². The lowest BCUT2D eigenvalue weighted by Crippen LogP contribution is -2.49. The number of esters is 2. The summed E-state index contributed by atoms with van der Waals surface area (Å²) < 4.78 is 13.8. The third kappa shape index (κ3) is 1.37. The molecule has 0 amide bonds. The van der Waals surface area contributed by atoms with Crippen molar-refractivity contribution in [2.45, 2.75) is 12.5 Å². The zero-order valence-corrected chi connectivity index (χ0v) is 7.86. The molecule has 1 saturated heterocycles. The zero-order valence-electron chi connectivity index (χ0n) is 7.86. The Morgan fingerprint density at radius 1 is 1.57 bits per heavy atom. The van der Waals surface area contributed by atoms with Crippen molar-refractivity contribution in [2.75, 3.05) is 20.3 Å². The fraction of sp³-hybridized carbons (Fsp3) is 0.625. The van der Waals surface area contributed by atoms with Crippen LogP contribution >= 0.6 is 0 Å². The molecule has 0 aliphatic carbocycles. The average molecular weight is 202 g/mol.